The predicted molar refractivity (Wildman–Crippen MR) is 111 cm³/mol. The highest BCUT2D eigenvalue weighted by Crippen LogP contribution is 2.40. The highest BCUT2D eigenvalue weighted by Gasteiger charge is 2.37. The standard InChI is InChI=1S/C22H24NO4P/c1-16(2)20(22(25)21(24)19-14-9-15-27-19)23-28(26,17-10-5-3-6-11-17)18-12-7-4-8-13-18/h3-16,20,22,25H,1-2H3,(H,23,26)/t20-,22-/m0/s1. The fourth-order valence-corrected chi connectivity index (χ4v) is 5.74. The number of aliphatic hydroxyl groups excluding tert-OH is 1. The summed E-state index contributed by atoms with van der Waals surface area (Å²) in [6.45, 7) is 3.74. The zero-order valence-electron chi connectivity index (χ0n) is 15.9. The molecule has 0 unspecified atom stereocenters. The van der Waals surface area contributed by atoms with Gasteiger partial charge in [0.1, 0.15) is 6.10 Å². The molecule has 6 heteroatoms. The van der Waals surface area contributed by atoms with Crippen LogP contribution in [0, 0.1) is 5.92 Å². The molecule has 3 rings (SSSR count). The molecule has 0 saturated carbocycles. The van der Waals surface area contributed by atoms with E-state index in [0.29, 0.717) is 10.6 Å². The van der Waals surface area contributed by atoms with Crippen molar-refractivity contribution >= 4 is 23.7 Å². The van der Waals surface area contributed by atoms with Crippen LogP contribution in [0.2, 0.25) is 0 Å². The van der Waals surface area contributed by atoms with Gasteiger partial charge in [-0.15, -0.1) is 0 Å². The minimum absolute atomic E-state index is 0.0780. The third kappa shape index (κ3) is 4.17. The van der Waals surface area contributed by atoms with Gasteiger partial charge in [0.2, 0.25) is 13.1 Å². The second kappa shape index (κ2) is 8.70. The van der Waals surface area contributed by atoms with Gasteiger partial charge in [-0.1, -0.05) is 50.2 Å². The largest absolute Gasteiger partial charge is 0.461 e. The molecule has 5 nitrogen and oxygen atoms in total. The molecule has 0 saturated heterocycles. The maximum atomic E-state index is 14.2. The van der Waals surface area contributed by atoms with E-state index in [2.05, 4.69) is 5.09 Å². The van der Waals surface area contributed by atoms with E-state index in [1.165, 1.54) is 12.3 Å². The van der Waals surface area contributed by atoms with Crippen LogP contribution >= 0.6 is 7.29 Å². The van der Waals surface area contributed by atoms with E-state index in [1.54, 1.807) is 30.3 Å². The number of ketones is 1. The maximum Gasteiger partial charge on any atom is 0.227 e. The van der Waals surface area contributed by atoms with Gasteiger partial charge in [0, 0.05) is 16.7 Å². The number of carbonyl (C=O) groups is 1. The molecule has 0 aliphatic carbocycles. The first-order chi connectivity index (χ1) is 13.4. The SMILES string of the molecule is CC(C)[C@H](NP(=O)(c1ccccc1)c1ccccc1)[C@H](O)C(=O)c1ccco1. The molecule has 0 aliphatic rings. The van der Waals surface area contributed by atoms with Gasteiger partial charge in [0.15, 0.2) is 5.76 Å². The molecule has 3 aromatic rings. The van der Waals surface area contributed by atoms with Crippen molar-refractivity contribution in [2.24, 2.45) is 5.92 Å². The van der Waals surface area contributed by atoms with Crippen molar-refractivity contribution in [3.8, 4) is 0 Å². The number of hydrogen-bond acceptors (Lipinski definition) is 4. The second-order valence-electron chi connectivity index (χ2n) is 6.97. The zero-order valence-corrected chi connectivity index (χ0v) is 16.8. The highest BCUT2D eigenvalue weighted by molar-refractivity contribution is 7.76. The Morgan fingerprint density at radius 1 is 0.929 bits per heavy atom. The monoisotopic (exact) mass is 397 g/mol. The lowest BCUT2D eigenvalue weighted by atomic mass is 9.96. The second-order valence-corrected chi connectivity index (χ2v) is 9.48. The predicted octanol–water partition coefficient (Wildman–Crippen LogP) is 3.37. The normalized spacial score (nSPS) is 14.0. The first-order valence-corrected chi connectivity index (χ1v) is 10.9. The molecule has 0 fully saturated rings. The Kier molecular flexibility index (Phi) is 6.30. The van der Waals surface area contributed by atoms with Crippen LogP contribution in [0.3, 0.4) is 0 Å². The van der Waals surface area contributed by atoms with Crippen molar-refractivity contribution in [3.05, 3.63) is 84.8 Å². The van der Waals surface area contributed by atoms with Crippen LogP contribution in [-0.4, -0.2) is 23.0 Å². The van der Waals surface area contributed by atoms with Gasteiger partial charge in [-0.25, -0.2) is 0 Å². The Hall–Kier alpha value is -2.46. The van der Waals surface area contributed by atoms with Crippen LogP contribution in [0.15, 0.2) is 83.5 Å². The average molecular weight is 397 g/mol. The Morgan fingerprint density at radius 2 is 1.46 bits per heavy atom. The summed E-state index contributed by atoms with van der Waals surface area (Å²) in [5.74, 6) is -0.618. The molecule has 2 atom stereocenters. The number of carbonyl (C=O) groups excluding carboxylic acids is 1. The first kappa shape index (κ1) is 20.3. The van der Waals surface area contributed by atoms with E-state index in [0.717, 1.165) is 0 Å². The third-order valence-electron chi connectivity index (χ3n) is 4.66. The van der Waals surface area contributed by atoms with Crippen LogP contribution in [0.4, 0.5) is 0 Å². The van der Waals surface area contributed by atoms with Crippen molar-refractivity contribution in [3.63, 3.8) is 0 Å². The number of furan rings is 1. The van der Waals surface area contributed by atoms with E-state index in [1.807, 2.05) is 50.2 Å². The summed E-state index contributed by atoms with van der Waals surface area (Å²) in [7, 11) is -3.30. The van der Waals surface area contributed by atoms with Crippen molar-refractivity contribution in [2.75, 3.05) is 0 Å². The van der Waals surface area contributed by atoms with Crippen molar-refractivity contribution < 1.29 is 18.9 Å². The number of Topliss-reactive ketones (excluding diaryl/α,β-unsaturated/α-hetero) is 1. The average Bonchev–Trinajstić information content (AvgIpc) is 3.27. The molecule has 1 heterocycles. The minimum atomic E-state index is -3.30. The number of nitrogens with one attached hydrogen (secondary N) is 1. The molecule has 2 N–H and O–H groups in total. The molecule has 1 aromatic heterocycles. The van der Waals surface area contributed by atoms with Crippen molar-refractivity contribution in [2.45, 2.75) is 26.0 Å². The molecule has 28 heavy (non-hydrogen) atoms. The lowest BCUT2D eigenvalue weighted by molar-refractivity contribution is 0.0605. The fourth-order valence-electron chi connectivity index (χ4n) is 3.10. The van der Waals surface area contributed by atoms with Gasteiger partial charge in [0.05, 0.1) is 6.26 Å². The summed E-state index contributed by atoms with van der Waals surface area (Å²) < 4.78 is 19.3. The summed E-state index contributed by atoms with van der Waals surface area (Å²) in [4.78, 5) is 12.6. The molecule has 0 amide bonds. The van der Waals surface area contributed by atoms with E-state index in [9.17, 15) is 14.5 Å². The number of aliphatic hydroxyl groups is 1. The zero-order chi connectivity index (χ0) is 20.1. The van der Waals surface area contributed by atoms with Gasteiger partial charge < -0.3 is 9.52 Å². The molecule has 146 valence electrons. The third-order valence-corrected chi connectivity index (χ3v) is 7.37. The molecular weight excluding hydrogens is 373 g/mol. The molecule has 2 aromatic carbocycles. The number of benzene rings is 2. The molecule has 0 bridgehead atoms. The Labute approximate surface area is 164 Å². The van der Waals surface area contributed by atoms with E-state index in [-0.39, 0.29) is 11.7 Å². The Morgan fingerprint density at radius 3 is 1.89 bits per heavy atom. The molecule has 0 radical (unpaired) electrons. The van der Waals surface area contributed by atoms with Crippen molar-refractivity contribution in [1.29, 1.82) is 0 Å². The van der Waals surface area contributed by atoms with E-state index < -0.39 is 25.2 Å². The van der Waals surface area contributed by atoms with Crippen molar-refractivity contribution in [1.82, 2.24) is 5.09 Å². The van der Waals surface area contributed by atoms with Gasteiger partial charge in [-0.05, 0) is 42.3 Å². The minimum Gasteiger partial charge on any atom is -0.461 e. The van der Waals surface area contributed by atoms with Crippen LogP contribution in [-0.2, 0) is 4.57 Å². The lowest BCUT2D eigenvalue weighted by Crippen LogP contribution is -2.48. The highest BCUT2D eigenvalue weighted by atomic mass is 31.2. The van der Waals surface area contributed by atoms with Crippen LogP contribution < -0.4 is 15.7 Å². The Balaban J connectivity index is 2.00. The molecule has 0 aliphatic heterocycles. The van der Waals surface area contributed by atoms with Crippen LogP contribution in [0.5, 0.6) is 0 Å². The Bertz CT molecular complexity index is 896. The fraction of sp³-hybridized carbons (Fsp3) is 0.227. The maximum absolute atomic E-state index is 14.2. The van der Waals surface area contributed by atoms with Gasteiger partial charge in [-0.3, -0.25) is 14.4 Å². The van der Waals surface area contributed by atoms with E-state index >= 15 is 0 Å². The van der Waals surface area contributed by atoms with Crippen LogP contribution in [0.1, 0.15) is 24.4 Å². The summed E-state index contributed by atoms with van der Waals surface area (Å²) in [5.41, 5.74) is 0. The lowest BCUT2D eigenvalue weighted by Gasteiger charge is -2.31. The summed E-state index contributed by atoms with van der Waals surface area (Å²) in [6, 6.07) is 20.5. The molecular formula is C22H24NO4P. The van der Waals surface area contributed by atoms with E-state index in [4.69, 9.17) is 4.42 Å². The number of hydrogen-bond donors (Lipinski definition) is 2. The topological polar surface area (TPSA) is 79.5 Å². The number of rotatable bonds is 8. The quantitative estimate of drug-likeness (QED) is 0.450. The smallest absolute Gasteiger partial charge is 0.227 e. The van der Waals surface area contributed by atoms with Gasteiger partial charge in [0.25, 0.3) is 0 Å². The first-order valence-electron chi connectivity index (χ1n) is 9.18. The molecule has 0 spiro atoms. The summed E-state index contributed by atoms with van der Waals surface area (Å²) in [5, 5.41) is 15.2. The summed E-state index contributed by atoms with van der Waals surface area (Å²) in [6.07, 6.45) is -0.0109. The van der Waals surface area contributed by atoms with Gasteiger partial charge in [-0.2, -0.15) is 0 Å². The van der Waals surface area contributed by atoms with Crippen LogP contribution in [0.25, 0.3) is 0 Å². The summed E-state index contributed by atoms with van der Waals surface area (Å²) >= 11 is 0. The van der Waals surface area contributed by atoms with Gasteiger partial charge >= 0.3 is 0 Å².